The first kappa shape index (κ1) is 28.5. The lowest BCUT2D eigenvalue weighted by molar-refractivity contribution is -0.120. The molecule has 9 nitrogen and oxygen atoms in total. The minimum absolute atomic E-state index is 0.252. The molecule has 210 valence electrons. The van der Waals surface area contributed by atoms with Gasteiger partial charge in [-0.05, 0) is 56.1 Å². The topological polar surface area (TPSA) is 85.2 Å². The molecule has 9 heteroatoms. The first-order chi connectivity index (χ1) is 18.5. The Balaban J connectivity index is 0.000000426. The van der Waals surface area contributed by atoms with Gasteiger partial charge in [0.1, 0.15) is 0 Å². The number of hydrogen-bond donors (Lipinski definition) is 1. The molecule has 3 heterocycles. The van der Waals surface area contributed by atoms with Gasteiger partial charge in [0.05, 0.1) is 5.39 Å². The molecule has 1 aromatic heterocycles. The average molecular weight is 527 g/mol. The zero-order valence-electron chi connectivity index (χ0n) is 23.6. The molecule has 2 aliphatic heterocycles. The van der Waals surface area contributed by atoms with E-state index in [-0.39, 0.29) is 12.3 Å². The van der Waals surface area contributed by atoms with E-state index in [4.69, 9.17) is 4.52 Å². The van der Waals surface area contributed by atoms with Gasteiger partial charge < -0.3 is 14.3 Å². The van der Waals surface area contributed by atoms with E-state index in [0.29, 0.717) is 17.9 Å². The summed E-state index contributed by atoms with van der Waals surface area (Å²) in [5, 5.41) is 7.27. The fourth-order valence-electron chi connectivity index (χ4n) is 5.83. The van der Waals surface area contributed by atoms with E-state index in [1.165, 1.54) is 68.7 Å². The van der Waals surface area contributed by atoms with E-state index >= 15 is 0 Å². The number of hydrogen-bond acceptors (Lipinski definition) is 7. The van der Waals surface area contributed by atoms with E-state index < -0.39 is 6.03 Å². The molecule has 38 heavy (non-hydrogen) atoms. The van der Waals surface area contributed by atoms with E-state index in [2.05, 4.69) is 58.1 Å². The highest BCUT2D eigenvalue weighted by molar-refractivity contribution is 6.08. The van der Waals surface area contributed by atoms with Crippen molar-refractivity contribution in [1.82, 2.24) is 25.2 Å². The van der Waals surface area contributed by atoms with Gasteiger partial charge in [-0.3, -0.25) is 19.9 Å². The van der Waals surface area contributed by atoms with Crippen molar-refractivity contribution in [1.29, 1.82) is 0 Å². The molecule has 1 aromatic carbocycles. The smallest absolute Gasteiger partial charge is 0.329 e. The zero-order valence-corrected chi connectivity index (χ0v) is 23.6. The molecule has 2 saturated heterocycles. The summed E-state index contributed by atoms with van der Waals surface area (Å²) in [6.07, 6.45) is 7.32. The number of piperazine rings is 1. The molecule has 1 saturated carbocycles. The second-order valence-corrected chi connectivity index (χ2v) is 10.8. The number of nitrogens with one attached hydrogen (secondary N) is 1. The number of amides is 3. The van der Waals surface area contributed by atoms with Crippen LogP contribution in [0.5, 0.6) is 0 Å². The molecule has 1 aliphatic carbocycles. The van der Waals surface area contributed by atoms with Crippen molar-refractivity contribution in [3.8, 4) is 0 Å². The summed E-state index contributed by atoms with van der Waals surface area (Å²) < 4.78 is 5.43. The van der Waals surface area contributed by atoms with Gasteiger partial charge in [-0.15, -0.1) is 0 Å². The molecular formula is C29H46N6O3. The number of carbonyl (C=O) groups is 2. The van der Waals surface area contributed by atoms with E-state index in [1.807, 2.05) is 6.07 Å². The van der Waals surface area contributed by atoms with Crippen LogP contribution >= 0.6 is 0 Å². The van der Waals surface area contributed by atoms with Gasteiger partial charge in [-0.25, -0.2) is 4.79 Å². The summed E-state index contributed by atoms with van der Waals surface area (Å²) in [6, 6.07) is 5.63. The van der Waals surface area contributed by atoms with Gasteiger partial charge in [0.15, 0.2) is 11.4 Å². The van der Waals surface area contributed by atoms with Crippen LogP contribution in [0.1, 0.15) is 64.9 Å². The minimum Gasteiger partial charge on any atom is -0.354 e. The summed E-state index contributed by atoms with van der Waals surface area (Å²) in [7, 11) is 0. The lowest BCUT2D eigenvalue weighted by Crippen LogP contribution is -2.49. The molecule has 5 rings (SSSR count). The Morgan fingerprint density at radius 3 is 2.26 bits per heavy atom. The molecular weight excluding hydrogens is 480 g/mol. The van der Waals surface area contributed by atoms with Crippen LogP contribution in [-0.2, 0) is 11.3 Å². The van der Waals surface area contributed by atoms with Crippen molar-refractivity contribution in [2.24, 2.45) is 5.92 Å². The van der Waals surface area contributed by atoms with Crippen LogP contribution in [0.15, 0.2) is 22.7 Å². The van der Waals surface area contributed by atoms with Crippen molar-refractivity contribution in [3.05, 3.63) is 23.8 Å². The molecule has 2 aromatic rings. The Morgan fingerprint density at radius 2 is 1.63 bits per heavy atom. The van der Waals surface area contributed by atoms with E-state index in [9.17, 15) is 9.59 Å². The number of carbonyl (C=O) groups excluding carboxylic acids is 2. The lowest BCUT2D eigenvalue weighted by atomic mass is 9.89. The molecule has 0 atom stereocenters. The van der Waals surface area contributed by atoms with Crippen LogP contribution in [0.25, 0.3) is 11.0 Å². The normalized spacial score (nSPS) is 20.1. The second-order valence-electron chi connectivity index (χ2n) is 10.8. The summed E-state index contributed by atoms with van der Waals surface area (Å²) in [4.78, 5) is 32.7. The molecule has 0 unspecified atom stereocenters. The summed E-state index contributed by atoms with van der Waals surface area (Å²) in [5.41, 5.74) is 1.84. The molecule has 0 spiro atoms. The number of benzene rings is 1. The fraction of sp³-hybridized carbons (Fsp3) is 0.690. The third-order valence-corrected chi connectivity index (χ3v) is 8.28. The molecule has 0 bridgehead atoms. The second kappa shape index (κ2) is 14.1. The Labute approximate surface area is 227 Å². The van der Waals surface area contributed by atoms with Crippen molar-refractivity contribution in [2.45, 2.75) is 65.8 Å². The fourth-order valence-corrected chi connectivity index (χ4v) is 5.83. The highest BCUT2D eigenvalue weighted by Gasteiger charge is 2.28. The highest BCUT2D eigenvalue weighted by Crippen LogP contribution is 2.29. The molecule has 3 amide bonds. The van der Waals surface area contributed by atoms with Crippen LogP contribution < -0.4 is 10.2 Å². The van der Waals surface area contributed by atoms with E-state index in [1.54, 1.807) is 0 Å². The van der Waals surface area contributed by atoms with Crippen molar-refractivity contribution >= 4 is 28.7 Å². The molecule has 3 fully saturated rings. The molecule has 3 aliphatic rings. The minimum atomic E-state index is -0.439. The van der Waals surface area contributed by atoms with Crippen molar-refractivity contribution < 1.29 is 14.1 Å². The Hall–Kier alpha value is -2.49. The number of rotatable bonds is 8. The van der Waals surface area contributed by atoms with Gasteiger partial charge in [-0.2, -0.15) is 0 Å². The number of fused-ring (bicyclic) bond motifs is 1. The van der Waals surface area contributed by atoms with Gasteiger partial charge >= 0.3 is 6.03 Å². The molecule has 0 radical (unpaired) electrons. The SMILES string of the molecule is CCN(CC)CC.O=C1CCN(c2noc3ccc(CN4CCN(CC5CCCCC5)CC4)cc23)C(=O)N1. The molecule has 1 N–H and O–H groups in total. The maximum absolute atomic E-state index is 12.2. The predicted octanol–water partition coefficient (Wildman–Crippen LogP) is 4.32. The zero-order chi connectivity index (χ0) is 26.9. The van der Waals surface area contributed by atoms with Gasteiger partial charge in [0, 0.05) is 52.2 Å². The highest BCUT2D eigenvalue weighted by atomic mass is 16.5. The maximum Gasteiger partial charge on any atom is 0.329 e. The van der Waals surface area contributed by atoms with Crippen molar-refractivity contribution in [2.75, 3.05) is 63.8 Å². The first-order valence-corrected chi connectivity index (χ1v) is 14.7. The Bertz CT molecular complexity index is 1030. The van der Waals surface area contributed by atoms with E-state index in [0.717, 1.165) is 44.0 Å². The first-order valence-electron chi connectivity index (χ1n) is 14.7. The van der Waals surface area contributed by atoms with Crippen LogP contribution in [-0.4, -0.2) is 90.7 Å². The van der Waals surface area contributed by atoms with Crippen LogP contribution in [0.3, 0.4) is 0 Å². The van der Waals surface area contributed by atoms with Gasteiger partial charge in [0.25, 0.3) is 0 Å². The summed E-state index contributed by atoms with van der Waals surface area (Å²) in [6.45, 7) is 17.0. The lowest BCUT2D eigenvalue weighted by Gasteiger charge is -2.37. The number of aromatic nitrogens is 1. The quantitative estimate of drug-likeness (QED) is 0.548. The van der Waals surface area contributed by atoms with Crippen LogP contribution in [0.4, 0.5) is 10.6 Å². The average Bonchev–Trinajstić information content (AvgIpc) is 3.35. The van der Waals surface area contributed by atoms with Crippen LogP contribution in [0.2, 0.25) is 0 Å². The summed E-state index contributed by atoms with van der Waals surface area (Å²) in [5.74, 6) is 1.13. The maximum atomic E-state index is 12.2. The monoisotopic (exact) mass is 526 g/mol. The van der Waals surface area contributed by atoms with Gasteiger partial charge in [-0.1, -0.05) is 51.3 Å². The van der Waals surface area contributed by atoms with Gasteiger partial charge in [0.2, 0.25) is 5.91 Å². The largest absolute Gasteiger partial charge is 0.354 e. The number of nitrogens with zero attached hydrogens (tertiary/aromatic N) is 5. The Kier molecular flexibility index (Phi) is 10.5. The third kappa shape index (κ3) is 7.55. The van der Waals surface area contributed by atoms with Crippen LogP contribution in [0, 0.1) is 5.92 Å². The third-order valence-electron chi connectivity index (χ3n) is 8.28. The standard InChI is InChI=1S/C23H31N5O3.C6H15N/c29-21-8-9-28(23(30)24-21)22-19-14-18(6-7-20(19)31-25-22)16-27-12-10-26(11-13-27)15-17-4-2-1-3-5-17;1-4-7(5-2)6-3/h6-7,14,17H,1-5,8-13,15-16H2,(H,24,29,30);4-6H2,1-3H3. The number of anilines is 1. The van der Waals surface area contributed by atoms with Crippen molar-refractivity contribution in [3.63, 3.8) is 0 Å². The number of imide groups is 1. The summed E-state index contributed by atoms with van der Waals surface area (Å²) >= 11 is 0. The Morgan fingerprint density at radius 1 is 0.947 bits per heavy atom. The predicted molar refractivity (Wildman–Crippen MR) is 151 cm³/mol. The number of urea groups is 1.